The van der Waals surface area contributed by atoms with Crippen molar-refractivity contribution < 1.29 is 9.47 Å². The topological polar surface area (TPSA) is 30.5 Å². The highest BCUT2D eigenvalue weighted by atomic mass is 16.5. The number of hydrogen-bond acceptors (Lipinski definition) is 3. The van der Waals surface area contributed by atoms with E-state index in [1.807, 2.05) is 0 Å². The molecule has 0 aromatic heterocycles. The summed E-state index contributed by atoms with van der Waals surface area (Å²) in [6, 6.07) is 0.670. The molecule has 0 spiro atoms. The first-order valence-corrected chi connectivity index (χ1v) is 7.25. The molecule has 0 aromatic rings. The molecule has 2 saturated heterocycles. The molecule has 2 aliphatic rings. The molecule has 0 aliphatic carbocycles. The van der Waals surface area contributed by atoms with Gasteiger partial charge in [-0.3, -0.25) is 0 Å². The van der Waals surface area contributed by atoms with Crippen LogP contribution in [0.4, 0.5) is 0 Å². The maximum atomic E-state index is 5.66. The van der Waals surface area contributed by atoms with Crippen LogP contribution in [0.15, 0.2) is 0 Å². The van der Waals surface area contributed by atoms with Crippen LogP contribution in [0, 0.1) is 5.92 Å². The minimum atomic E-state index is 0.558. The summed E-state index contributed by atoms with van der Waals surface area (Å²) in [5.41, 5.74) is 0. The number of hydrogen-bond donors (Lipinski definition) is 1. The summed E-state index contributed by atoms with van der Waals surface area (Å²) in [6.07, 6.45) is 9.46. The minimum Gasteiger partial charge on any atom is -0.381 e. The Kier molecular flexibility index (Phi) is 5.75. The molecule has 2 heterocycles. The Morgan fingerprint density at radius 3 is 2.88 bits per heavy atom. The highest BCUT2D eigenvalue weighted by Crippen LogP contribution is 2.22. The van der Waals surface area contributed by atoms with Gasteiger partial charge in [0.1, 0.15) is 0 Å². The van der Waals surface area contributed by atoms with Crippen molar-refractivity contribution in [2.24, 2.45) is 5.92 Å². The van der Waals surface area contributed by atoms with Gasteiger partial charge in [-0.1, -0.05) is 0 Å². The van der Waals surface area contributed by atoms with E-state index < -0.39 is 0 Å². The number of rotatable bonds is 7. The van der Waals surface area contributed by atoms with Gasteiger partial charge in [-0.2, -0.15) is 0 Å². The summed E-state index contributed by atoms with van der Waals surface area (Å²) in [5, 5.41) is 3.46. The Balaban J connectivity index is 1.57. The standard InChI is InChI=1S/C14H27NO2/c1-15-13(10-12-7-9-16-11-12)4-2-5-14-6-3-8-17-14/h12-15H,2-11H2,1H3. The predicted molar refractivity (Wildman–Crippen MR) is 69.2 cm³/mol. The third-order valence-corrected chi connectivity index (χ3v) is 4.15. The molecule has 3 atom stereocenters. The van der Waals surface area contributed by atoms with E-state index in [1.54, 1.807) is 0 Å². The van der Waals surface area contributed by atoms with E-state index in [9.17, 15) is 0 Å². The average molecular weight is 241 g/mol. The molecule has 3 heteroatoms. The lowest BCUT2D eigenvalue weighted by molar-refractivity contribution is 0.101. The lowest BCUT2D eigenvalue weighted by Crippen LogP contribution is -2.28. The second-order valence-electron chi connectivity index (χ2n) is 5.52. The van der Waals surface area contributed by atoms with E-state index in [-0.39, 0.29) is 0 Å². The molecule has 2 rings (SSSR count). The third-order valence-electron chi connectivity index (χ3n) is 4.15. The van der Waals surface area contributed by atoms with Crippen molar-refractivity contribution in [1.29, 1.82) is 0 Å². The first-order chi connectivity index (χ1) is 8.38. The largest absolute Gasteiger partial charge is 0.381 e. The van der Waals surface area contributed by atoms with Crippen LogP contribution in [0.3, 0.4) is 0 Å². The van der Waals surface area contributed by atoms with Crippen molar-refractivity contribution in [3.63, 3.8) is 0 Å². The molecule has 2 aliphatic heterocycles. The molecule has 1 N–H and O–H groups in total. The second kappa shape index (κ2) is 7.34. The van der Waals surface area contributed by atoms with Crippen LogP contribution in [0.2, 0.25) is 0 Å². The molecular weight excluding hydrogens is 214 g/mol. The first-order valence-electron chi connectivity index (χ1n) is 7.25. The molecule has 2 fully saturated rings. The Bertz CT molecular complexity index is 198. The van der Waals surface area contributed by atoms with Gasteiger partial charge < -0.3 is 14.8 Å². The summed E-state index contributed by atoms with van der Waals surface area (Å²) in [6.45, 7) is 2.93. The zero-order valence-electron chi connectivity index (χ0n) is 11.1. The molecule has 0 saturated carbocycles. The van der Waals surface area contributed by atoms with Crippen LogP contribution < -0.4 is 5.32 Å². The van der Waals surface area contributed by atoms with Gasteiger partial charge in [-0.25, -0.2) is 0 Å². The fourth-order valence-corrected chi connectivity index (χ4v) is 3.02. The summed E-state index contributed by atoms with van der Waals surface area (Å²) in [4.78, 5) is 0. The van der Waals surface area contributed by atoms with Gasteiger partial charge in [0, 0.05) is 25.9 Å². The van der Waals surface area contributed by atoms with Gasteiger partial charge in [0.25, 0.3) is 0 Å². The zero-order valence-corrected chi connectivity index (χ0v) is 11.1. The first kappa shape index (κ1) is 13.3. The van der Waals surface area contributed by atoms with Crippen molar-refractivity contribution in [3.05, 3.63) is 0 Å². The predicted octanol–water partition coefficient (Wildman–Crippen LogP) is 2.35. The smallest absolute Gasteiger partial charge is 0.0576 e. The number of nitrogens with one attached hydrogen (secondary N) is 1. The van der Waals surface area contributed by atoms with E-state index in [1.165, 1.54) is 44.9 Å². The van der Waals surface area contributed by atoms with Gasteiger partial charge >= 0.3 is 0 Å². The number of ether oxygens (including phenoxy) is 2. The maximum absolute atomic E-state index is 5.66. The van der Waals surface area contributed by atoms with Crippen LogP contribution in [0.5, 0.6) is 0 Å². The van der Waals surface area contributed by atoms with E-state index in [0.29, 0.717) is 12.1 Å². The highest BCUT2D eigenvalue weighted by molar-refractivity contribution is 4.74. The molecule has 0 radical (unpaired) electrons. The Morgan fingerprint density at radius 2 is 2.24 bits per heavy atom. The van der Waals surface area contributed by atoms with E-state index in [0.717, 1.165) is 25.7 Å². The summed E-state index contributed by atoms with van der Waals surface area (Å²) >= 11 is 0. The zero-order chi connectivity index (χ0) is 11.9. The van der Waals surface area contributed by atoms with Crippen molar-refractivity contribution in [1.82, 2.24) is 5.32 Å². The molecule has 3 unspecified atom stereocenters. The van der Waals surface area contributed by atoms with E-state index in [2.05, 4.69) is 12.4 Å². The lowest BCUT2D eigenvalue weighted by Gasteiger charge is -2.20. The fourth-order valence-electron chi connectivity index (χ4n) is 3.02. The van der Waals surface area contributed by atoms with Crippen LogP contribution in [0.1, 0.15) is 44.9 Å². The summed E-state index contributed by atoms with van der Waals surface area (Å²) < 4.78 is 11.1. The SMILES string of the molecule is CNC(CCCC1CCCO1)CC1CCOC1. The van der Waals surface area contributed by atoms with Crippen molar-refractivity contribution in [2.75, 3.05) is 26.9 Å². The summed E-state index contributed by atoms with van der Waals surface area (Å²) in [5.74, 6) is 0.787. The normalized spacial score (nSPS) is 30.9. The lowest BCUT2D eigenvalue weighted by atomic mass is 9.95. The molecule has 17 heavy (non-hydrogen) atoms. The van der Waals surface area contributed by atoms with Crippen molar-refractivity contribution in [2.45, 2.75) is 57.1 Å². The van der Waals surface area contributed by atoms with Crippen LogP contribution in [-0.4, -0.2) is 39.0 Å². The summed E-state index contributed by atoms with van der Waals surface area (Å²) in [7, 11) is 2.09. The minimum absolute atomic E-state index is 0.558. The van der Waals surface area contributed by atoms with Crippen LogP contribution >= 0.6 is 0 Å². The Hall–Kier alpha value is -0.120. The monoisotopic (exact) mass is 241 g/mol. The van der Waals surface area contributed by atoms with Gasteiger partial charge in [0.05, 0.1) is 6.10 Å². The van der Waals surface area contributed by atoms with Crippen LogP contribution in [-0.2, 0) is 9.47 Å². The maximum Gasteiger partial charge on any atom is 0.0576 e. The van der Waals surface area contributed by atoms with Crippen LogP contribution in [0.25, 0.3) is 0 Å². The van der Waals surface area contributed by atoms with E-state index in [4.69, 9.17) is 9.47 Å². The molecule has 100 valence electrons. The Labute approximate surface area is 105 Å². The molecule has 3 nitrogen and oxygen atoms in total. The van der Waals surface area contributed by atoms with Gasteiger partial charge in [0.15, 0.2) is 0 Å². The molecular formula is C14H27NO2. The van der Waals surface area contributed by atoms with Gasteiger partial charge in [-0.15, -0.1) is 0 Å². The van der Waals surface area contributed by atoms with Gasteiger partial charge in [-0.05, 0) is 57.9 Å². The van der Waals surface area contributed by atoms with E-state index >= 15 is 0 Å². The van der Waals surface area contributed by atoms with Gasteiger partial charge in [0.2, 0.25) is 0 Å². The highest BCUT2D eigenvalue weighted by Gasteiger charge is 2.20. The average Bonchev–Trinajstić information content (AvgIpc) is 3.00. The molecule has 0 bridgehead atoms. The molecule has 0 aromatic carbocycles. The fraction of sp³-hybridized carbons (Fsp3) is 1.00. The molecule has 0 amide bonds. The quantitative estimate of drug-likeness (QED) is 0.742. The third kappa shape index (κ3) is 4.57. The van der Waals surface area contributed by atoms with Crippen molar-refractivity contribution >= 4 is 0 Å². The second-order valence-corrected chi connectivity index (χ2v) is 5.52. The Morgan fingerprint density at radius 1 is 1.29 bits per heavy atom. The van der Waals surface area contributed by atoms with Crippen molar-refractivity contribution in [3.8, 4) is 0 Å².